The molecule has 0 aromatic heterocycles. The van der Waals surface area contributed by atoms with E-state index >= 15 is 0 Å². The topological polar surface area (TPSA) is 55.1 Å². The number of halogens is 4. The standard InChI is InChI=1S/C8H10F4N2O/c1-2-3-5(13)6(15)14-4-8(11,12)7(9)10/h1,5,7H,3-4,13H2,(H,14,15). The average Bonchev–Trinajstić information content (AvgIpc) is 2.14. The van der Waals surface area contributed by atoms with Crippen molar-refractivity contribution in [2.75, 3.05) is 6.54 Å². The lowest BCUT2D eigenvalue weighted by atomic mass is 10.2. The zero-order valence-electron chi connectivity index (χ0n) is 7.64. The van der Waals surface area contributed by atoms with Gasteiger partial charge in [-0.05, 0) is 0 Å². The highest BCUT2D eigenvalue weighted by Crippen LogP contribution is 2.21. The zero-order valence-corrected chi connectivity index (χ0v) is 7.64. The molecule has 0 fully saturated rings. The first kappa shape index (κ1) is 13.7. The third kappa shape index (κ3) is 4.65. The Bertz CT molecular complexity index is 262. The maximum atomic E-state index is 12.3. The number of amides is 1. The molecule has 3 N–H and O–H groups in total. The van der Waals surface area contributed by atoms with Crippen molar-refractivity contribution in [2.45, 2.75) is 24.8 Å². The van der Waals surface area contributed by atoms with Crippen LogP contribution in [0.4, 0.5) is 17.6 Å². The molecule has 1 atom stereocenters. The van der Waals surface area contributed by atoms with Crippen LogP contribution in [0, 0.1) is 12.3 Å². The summed E-state index contributed by atoms with van der Waals surface area (Å²) < 4.78 is 47.9. The van der Waals surface area contributed by atoms with E-state index in [1.54, 1.807) is 5.32 Å². The molecule has 0 saturated carbocycles. The van der Waals surface area contributed by atoms with Crippen molar-refractivity contribution in [1.29, 1.82) is 0 Å². The van der Waals surface area contributed by atoms with Crippen LogP contribution in [-0.2, 0) is 4.79 Å². The second kappa shape index (κ2) is 5.56. The van der Waals surface area contributed by atoms with Crippen LogP contribution in [0.15, 0.2) is 0 Å². The molecule has 86 valence electrons. The van der Waals surface area contributed by atoms with E-state index in [-0.39, 0.29) is 6.42 Å². The summed E-state index contributed by atoms with van der Waals surface area (Å²) in [6.07, 6.45) is 0.841. The SMILES string of the molecule is C#CCC(N)C(=O)NCC(F)(F)C(F)F. The minimum atomic E-state index is -4.26. The normalized spacial score (nSPS) is 13.4. The molecule has 1 unspecified atom stereocenters. The molecule has 0 bridgehead atoms. The summed E-state index contributed by atoms with van der Waals surface area (Å²) in [5.41, 5.74) is 5.15. The minimum Gasteiger partial charge on any atom is -0.348 e. The summed E-state index contributed by atoms with van der Waals surface area (Å²) in [6, 6.07) is -1.16. The fraction of sp³-hybridized carbons (Fsp3) is 0.625. The van der Waals surface area contributed by atoms with Gasteiger partial charge in [-0.25, -0.2) is 8.78 Å². The minimum absolute atomic E-state index is 0.147. The first-order valence-electron chi connectivity index (χ1n) is 3.94. The van der Waals surface area contributed by atoms with E-state index in [1.807, 2.05) is 5.92 Å². The number of terminal acetylenes is 1. The number of rotatable bonds is 5. The van der Waals surface area contributed by atoms with Gasteiger partial charge in [0.05, 0.1) is 12.6 Å². The van der Waals surface area contributed by atoms with Gasteiger partial charge in [0.1, 0.15) is 0 Å². The van der Waals surface area contributed by atoms with Gasteiger partial charge in [0.25, 0.3) is 0 Å². The number of carbonyl (C=O) groups is 1. The molecule has 0 heterocycles. The Morgan fingerprint density at radius 2 is 2.07 bits per heavy atom. The lowest BCUT2D eigenvalue weighted by molar-refractivity contribution is -0.137. The molecule has 0 aliphatic rings. The van der Waals surface area contributed by atoms with Gasteiger partial charge in [-0.3, -0.25) is 4.79 Å². The molecule has 3 nitrogen and oxygen atoms in total. The number of hydrogen-bond acceptors (Lipinski definition) is 2. The summed E-state index contributed by atoms with van der Waals surface area (Å²) >= 11 is 0. The highest BCUT2D eigenvalue weighted by molar-refractivity contribution is 5.81. The highest BCUT2D eigenvalue weighted by Gasteiger charge is 2.41. The third-order valence-corrected chi connectivity index (χ3v) is 1.49. The number of nitrogens with one attached hydrogen (secondary N) is 1. The van der Waals surface area contributed by atoms with Crippen LogP contribution >= 0.6 is 0 Å². The van der Waals surface area contributed by atoms with Gasteiger partial charge < -0.3 is 11.1 Å². The van der Waals surface area contributed by atoms with Crippen molar-refractivity contribution in [3.05, 3.63) is 0 Å². The van der Waals surface area contributed by atoms with Gasteiger partial charge in [0, 0.05) is 6.42 Å². The number of carbonyl (C=O) groups excluding carboxylic acids is 1. The smallest absolute Gasteiger partial charge is 0.324 e. The second-order valence-corrected chi connectivity index (χ2v) is 2.79. The third-order valence-electron chi connectivity index (χ3n) is 1.49. The van der Waals surface area contributed by atoms with Crippen LogP contribution in [0.5, 0.6) is 0 Å². The zero-order chi connectivity index (χ0) is 12.1. The van der Waals surface area contributed by atoms with Crippen molar-refractivity contribution in [3.63, 3.8) is 0 Å². The van der Waals surface area contributed by atoms with Crippen LogP contribution < -0.4 is 11.1 Å². The van der Waals surface area contributed by atoms with Crippen molar-refractivity contribution in [3.8, 4) is 12.3 Å². The van der Waals surface area contributed by atoms with E-state index in [1.165, 1.54) is 0 Å². The van der Waals surface area contributed by atoms with Crippen LogP contribution in [0.3, 0.4) is 0 Å². The quantitative estimate of drug-likeness (QED) is 0.525. The Morgan fingerprint density at radius 1 is 1.53 bits per heavy atom. The molecule has 7 heteroatoms. The van der Waals surface area contributed by atoms with E-state index < -0.39 is 30.8 Å². The first-order valence-corrected chi connectivity index (χ1v) is 3.94. The summed E-state index contributed by atoms with van der Waals surface area (Å²) in [5.74, 6) is -3.19. The van der Waals surface area contributed by atoms with E-state index in [0.29, 0.717) is 0 Å². The molecule has 15 heavy (non-hydrogen) atoms. The van der Waals surface area contributed by atoms with Crippen LogP contribution in [0.25, 0.3) is 0 Å². The fourth-order valence-corrected chi connectivity index (χ4v) is 0.633. The molecule has 0 radical (unpaired) electrons. The fourth-order valence-electron chi connectivity index (χ4n) is 0.633. The number of alkyl halides is 4. The van der Waals surface area contributed by atoms with Gasteiger partial charge in [-0.2, -0.15) is 8.78 Å². The monoisotopic (exact) mass is 226 g/mol. The van der Waals surface area contributed by atoms with Gasteiger partial charge in [-0.1, -0.05) is 0 Å². The number of nitrogens with two attached hydrogens (primary N) is 1. The van der Waals surface area contributed by atoms with E-state index in [4.69, 9.17) is 12.2 Å². The molecule has 0 saturated heterocycles. The molecular weight excluding hydrogens is 216 g/mol. The molecular formula is C8H10F4N2O. The molecule has 0 aliphatic carbocycles. The lowest BCUT2D eigenvalue weighted by Crippen LogP contribution is -2.47. The predicted octanol–water partition coefficient (Wildman–Crippen LogP) is 0.354. The van der Waals surface area contributed by atoms with Gasteiger partial charge >= 0.3 is 12.3 Å². The largest absolute Gasteiger partial charge is 0.348 e. The second-order valence-electron chi connectivity index (χ2n) is 2.79. The number of hydrogen-bond donors (Lipinski definition) is 2. The van der Waals surface area contributed by atoms with Gasteiger partial charge in [-0.15, -0.1) is 12.3 Å². The summed E-state index contributed by atoms with van der Waals surface area (Å²) in [4.78, 5) is 10.9. The van der Waals surface area contributed by atoms with Crippen molar-refractivity contribution >= 4 is 5.91 Å². The molecule has 0 rings (SSSR count). The Hall–Kier alpha value is -1.29. The Labute approximate surface area is 84.0 Å². The molecule has 0 aliphatic heterocycles. The van der Waals surface area contributed by atoms with E-state index in [0.717, 1.165) is 0 Å². The van der Waals surface area contributed by atoms with E-state index in [9.17, 15) is 22.4 Å². The van der Waals surface area contributed by atoms with Crippen molar-refractivity contribution in [2.24, 2.45) is 5.73 Å². The van der Waals surface area contributed by atoms with Crippen molar-refractivity contribution in [1.82, 2.24) is 5.32 Å². The Kier molecular flexibility index (Phi) is 5.08. The Morgan fingerprint density at radius 3 is 2.47 bits per heavy atom. The van der Waals surface area contributed by atoms with Crippen LogP contribution in [0.2, 0.25) is 0 Å². The van der Waals surface area contributed by atoms with Crippen molar-refractivity contribution < 1.29 is 22.4 Å². The first-order chi connectivity index (χ1) is 6.81. The summed E-state index contributed by atoms with van der Waals surface area (Å²) in [7, 11) is 0. The van der Waals surface area contributed by atoms with Gasteiger partial charge in [0.2, 0.25) is 5.91 Å². The molecule has 1 amide bonds. The Balaban J connectivity index is 4.07. The average molecular weight is 226 g/mol. The lowest BCUT2D eigenvalue weighted by Gasteiger charge is -2.17. The predicted molar refractivity (Wildman–Crippen MR) is 45.4 cm³/mol. The van der Waals surface area contributed by atoms with Crippen LogP contribution in [-0.4, -0.2) is 30.8 Å². The molecule has 0 aromatic rings. The van der Waals surface area contributed by atoms with E-state index in [2.05, 4.69) is 0 Å². The highest BCUT2D eigenvalue weighted by atomic mass is 19.3. The maximum absolute atomic E-state index is 12.3. The maximum Gasteiger partial charge on any atom is 0.324 e. The molecule has 0 spiro atoms. The summed E-state index contributed by atoms with van der Waals surface area (Å²) in [6.45, 7) is -1.46. The van der Waals surface area contributed by atoms with Crippen LogP contribution in [0.1, 0.15) is 6.42 Å². The van der Waals surface area contributed by atoms with Gasteiger partial charge in [0.15, 0.2) is 0 Å². The summed E-state index contributed by atoms with van der Waals surface area (Å²) in [5, 5.41) is 1.60. The molecule has 0 aromatic carbocycles.